The fourth-order valence-electron chi connectivity index (χ4n) is 23.1. The van der Waals surface area contributed by atoms with E-state index >= 15 is 0 Å². The molecule has 2 atom stereocenters. The second-order valence-electron chi connectivity index (χ2n) is 39.9. The highest BCUT2D eigenvalue weighted by molar-refractivity contribution is 6.16. The van der Waals surface area contributed by atoms with Gasteiger partial charge in [-0.3, -0.25) is 9.97 Å². The molecule has 142 heavy (non-hydrogen) atoms. The summed E-state index contributed by atoms with van der Waals surface area (Å²) in [4.78, 5) is 54.0. The third-order valence-corrected chi connectivity index (χ3v) is 30.4. The molecule has 24 aromatic rings. The number of nitrogens with zero attached hydrogens (tertiary/aromatic N) is 11. The fourth-order valence-corrected chi connectivity index (χ4v) is 23.1. The average molecular weight is 1840 g/mol. The molecule has 3 aliphatic rings. The summed E-state index contributed by atoms with van der Waals surface area (Å²) in [6, 6.07) is 123. The van der Waals surface area contributed by atoms with Crippen LogP contribution in [0, 0.1) is 23.2 Å². The van der Waals surface area contributed by atoms with Crippen molar-refractivity contribution in [3.05, 3.63) is 404 Å². The van der Waals surface area contributed by atoms with Crippen LogP contribution in [0.1, 0.15) is 110 Å². The number of furan rings is 4. The summed E-state index contributed by atoms with van der Waals surface area (Å²) < 4.78 is 25.9. The molecule has 9 aromatic heterocycles. The molecule has 3 aliphatic carbocycles. The topological polar surface area (TPSA) is 194 Å². The quantitative estimate of drug-likeness (QED) is 0.106. The molecule has 2 unspecified atom stereocenters. The van der Waals surface area contributed by atoms with Crippen LogP contribution in [-0.4, -0.2) is 54.8 Å². The predicted octanol–water partition coefficient (Wildman–Crippen LogP) is 32.5. The summed E-state index contributed by atoms with van der Waals surface area (Å²) in [5, 5.41) is 8.98. The van der Waals surface area contributed by atoms with E-state index in [1.54, 1.807) is 12.4 Å². The zero-order chi connectivity index (χ0) is 96.2. The van der Waals surface area contributed by atoms with Gasteiger partial charge in [-0.2, -0.15) is 0 Å². The molecule has 0 fully saturated rings. The highest BCUT2D eigenvalue weighted by Gasteiger charge is 2.52. The lowest BCUT2D eigenvalue weighted by molar-refractivity contribution is 0.256. The van der Waals surface area contributed by atoms with E-state index in [-0.39, 0.29) is 21.7 Å². The van der Waals surface area contributed by atoms with E-state index in [0.717, 1.165) is 122 Å². The predicted molar refractivity (Wildman–Crippen MR) is 573 cm³/mol. The van der Waals surface area contributed by atoms with Gasteiger partial charge < -0.3 is 17.7 Å². The third kappa shape index (κ3) is 13.8. The molecule has 0 aliphatic heterocycles. The van der Waals surface area contributed by atoms with Crippen molar-refractivity contribution >= 4 is 87.8 Å². The molecule has 9 heterocycles. The van der Waals surface area contributed by atoms with Crippen LogP contribution in [0.25, 0.3) is 235 Å². The SMILES string of the molecule is CC(C)(C)C1(C)c2ccccc2-c2ccc3oc4cc(-c5nc(-c6ccccc6)nc(-c6cccc(-c7ccccc7)c6)n5)ccc4c3c21.CC(C)C1(C(C)C)c2ccc(-c3nc(-c4ccccn4)nc(-c4ccccn4)n3)cc2-c2ccc3oc4ccccc4c3c21.CC(C)C1(C)c2ccccc2-c2ccc3oc4cc(-c5nc(-c6ccccc6)nc(-c6cccc7oc8ccccc8c67)n5)ccc4c3c21. The van der Waals surface area contributed by atoms with Crippen LogP contribution in [0.3, 0.4) is 0 Å². The maximum atomic E-state index is 6.67. The first-order valence-electron chi connectivity index (χ1n) is 48.8. The Morgan fingerprint density at radius 2 is 0.592 bits per heavy atom. The van der Waals surface area contributed by atoms with Crippen molar-refractivity contribution in [1.29, 1.82) is 0 Å². The van der Waals surface area contributed by atoms with Crippen molar-refractivity contribution in [2.45, 2.75) is 92.4 Å². The molecule has 0 saturated carbocycles. The summed E-state index contributed by atoms with van der Waals surface area (Å²) in [6.45, 7) is 25.8. The Morgan fingerprint density at radius 3 is 1.12 bits per heavy atom. The maximum Gasteiger partial charge on any atom is 0.182 e. The largest absolute Gasteiger partial charge is 0.456 e. The van der Waals surface area contributed by atoms with Gasteiger partial charge in [-0.1, -0.05) is 337 Å². The molecule has 0 amide bonds. The lowest BCUT2D eigenvalue weighted by atomic mass is 9.62. The Bertz CT molecular complexity index is 9110. The van der Waals surface area contributed by atoms with Crippen LogP contribution < -0.4 is 0 Å². The number of aromatic nitrogens is 11. The maximum absolute atomic E-state index is 6.67. The van der Waals surface area contributed by atoms with Crippen LogP contribution in [0.15, 0.2) is 388 Å². The van der Waals surface area contributed by atoms with Crippen LogP contribution in [0.2, 0.25) is 0 Å². The van der Waals surface area contributed by atoms with Crippen LogP contribution >= 0.6 is 0 Å². The minimum atomic E-state index is -0.202. The molecule has 15 nitrogen and oxygen atoms in total. The van der Waals surface area contributed by atoms with Gasteiger partial charge in [0.05, 0.1) is 0 Å². The van der Waals surface area contributed by atoms with Gasteiger partial charge in [-0.25, -0.2) is 44.9 Å². The normalized spacial score (nSPS) is 14.9. The van der Waals surface area contributed by atoms with Crippen molar-refractivity contribution < 1.29 is 17.7 Å². The molecule has 15 heteroatoms. The van der Waals surface area contributed by atoms with Crippen molar-refractivity contribution in [2.24, 2.45) is 23.2 Å². The molecular formula is C127H97N11O4. The van der Waals surface area contributed by atoms with Gasteiger partial charge in [0, 0.05) is 111 Å². The first-order chi connectivity index (χ1) is 69.2. The number of hydrogen-bond donors (Lipinski definition) is 0. The Kier molecular flexibility index (Phi) is 20.4. The number of benzene rings is 15. The Hall–Kier alpha value is -17.2. The first-order valence-corrected chi connectivity index (χ1v) is 48.8. The van der Waals surface area contributed by atoms with Gasteiger partial charge in [0.2, 0.25) is 0 Å². The number of fused-ring (bicyclic) bond motifs is 24. The molecule has 15 aromatic carbocycles. The third-order valence-electron chi connectivity index (χ3n) is 30.4. The molecule has 0 N–H and O–H groups in total. The smallest absolute Gasteiger partial charge is 0.182 e. The molecule has 684 valence electrons. The average Bonchev–Trinajstić information content (AvgIpc) is 1.53. The van der Waals surface area contributed by atoms with E-state index in [4.69, 9.17) is 62.5 Å². The van der Waals surface area contributed by atoms with Gasteiger partial charge in [0.1, 0.15) is 56.1 Å². The second kappa shape index (κ2) is 33.6. The highest BCUT2D eigenvalue weighted by atomic mass is 16.3. The standard InChI is InChI=1S/C45H35N3O.C44H31N3O2.C38H31N5O/c1-44(2,3)45(4)36-21-12-11-20-33(36)34-24-25-37-39(40(34)45)35-23-22-32(27-38(35)49-37)43-47-41(29-16-9-6-10-17-29)46-42(48-43)31-19-13-18-30(26-31)28-14-7-5-8-15-28;1-25(2)44(3)33-17-9-7-14-28(33)29-22-23-36-39(40(29)44)31-21-20-27(24-37(31)49-36)42-45-41(26-12-5-4-6-13-26)46-43(47-42)32-16-11-19-35-38(32)30-15-8-10-18-34(30)48-35;1-22(2)38(23(3)4)28-17-15-24(21-27(28)25-16-18-32-33(34(25)38)26-11-5-6-14-31(26)44-32)35-41-36(29-12-7-9-19-39-29)43-37(42-35)30-13-8-10-20-40-30/h5-27H,1-4H3;4-25H,1-3H3;5-23H,1-4H3. The van der Waals surface area contributed by atoms with E-state index in [2.05, 4.69) is 305 Å². The van der Waals surface area contributed by atoms with Gasteiger partial charge >= 0.3 is 0 Å². The monoisotopic (exact) mass is 1840 g/mol. The van der Waals surface area contributed by atoms with Gasteiger partial charge in [-0.05, 0) is 198 Å². The lowest BCUT2D eigenvalue weighted by Gasteiger charge is -2.41. The van der Waals surface area contributed by atoms with Gasteiger partial charge in [0.15, 0.2) is 52.4 Å². The summed E-state index contributed by atoms with van der Waals surface area (Å²) in [7, 11) is 0. The Labute approximate surface area is 821 Å². The second-order valence-corrected chi connectivity index (χ2v) is 39.9. The zero-order valence-corrected chi connectivity index (χ0v) is 80.5. The molecule has 0 saturated heterocycles. The number of hydrogen-bond acceptors (Lipinski definition) is 15. The Balaban J connectivity index is 0.000000112. The minimum Gasteiger partial charge on any atom is -0.456 e. The molecule has 0 spiro atoms. The molecular weight excluding hydrogens is 1740 g/mol. The van der Waals surface area contributed by atoms with Crippen molar-refractivity contribution in [2.75, 3.05) is 0 Å². The van der Waals surface area contributed by atoms with E-state index in [1.165, 1.54) is 82.9 Å². The highest BCUT2D eigenvalue weighted by Crippen LogP contribution is 2.63. The van der Waals surface area contributed by atoms with Crippen LogP contribution in [-0.2, 0) is 16.2 Å². The first kappa shape index (κ1) is 86.4. The minimum absolute atomic E-state index is 0.0287. The summed E-state index contributed by atoms with van der Waals surface area (Å²) in [5.74, 6) is 6.35. The van der Waals surface area contributed by atoms with Crippen molar-refractivity contribution in [1.82, 2.24) is 54.8 Å². The van der Waals surface area contributed by atoms with Gasteiger partial charge in [0.25, 0.3) is 0 Å². The Morgan fingerprint density at radius 1 is 0.225 bits per heavy atom. The summed E-state index contributed by atoms with van der Waals surface area (Å²) in [6.07, 6.45) is 3.51. The molecule has 0 bridgehead atoms. The zero-order valence-electron chi connectivity index (χ0n) is 80.5. The number of rotatable bonds is 13. The van der Waals surface area contributed by atoms with E-state index in [1.807, 2.05) is 140 Å². The van der Waals surface area contributed by atoms with Crippen molar-refractivity contribution in [3.8, 4) is 147 Å². The number of pyridine rings is 2. The number of para-hydroxylation sites is 2. The van der Waals surface area contributed by atoms with Crippen LogP contribution in [0.5, 0.6) is 0 Å². The van der Waals surface area contributed by atoms with E-state index in [9.17, 15) is 0 Å². The molecule has 27 rings (SSSR count). The van der Waals surface area contributed by atoms with E-state index in [0.29, 0.717) is 81.6 Å². The summed E-state index contributed by atoms with van der Waals surface area (Å²) >= 11 is 0. The summed E-state index contributed by atoms with van der Waals surface area (Å²) in [5.41, 5.74) is 32.1. The van der Waals surface area contributed by atoms with E-state index < -0.39 is 0 Å². The lowest BCUT2D eigenvalue weighted by Crippen LogP contribution is -2.37. The van der Waals surface area contributed by atoms with Crippen molar-refractivity contribution in [3.63, 3.8) is 0 Å². The van der Waals surface area contributed by atoms with Gasteiger partial charge in [-0.15, -0.1) is 0 Å². The van der Waals surface area contributed by atoms with Crippen LogP contribution in [0.4, 0.5) is 0 Å². The molecule has 0 radical (unpaired) electrons. The fraction of sp³-hybridized carbons (Fsp3) is 0.142.